The summed E-state index contributed by atoms with van der Waals surface area (Å²) in [6, 6.07) is 0. The Morgan fingerprint density at radius 1 is 1.83 bits per heavy atom. The van der Waals surface area contributed by atoms with Gasteiger partial charge >= 0.3 is 0 Å². The van der Waals surface area contributed by atoms with Crippen molar-refractivity contribution >= 4 is 17.6 Å². The molecular weight excluding hydrogens is 176 g/mol. The minimum absolute atomic E-state index is 0.122. The quantitative estimate of drug-likeness (QED) is 0.280. The Kier molecular flexibility index (Phi) is 1.69. The molecule has 6 heteroatoms. The third-order valence-electron chi connectivity index (χ3n) is 1.74. The van der Waals surface area contributed by atoms with Crippen LogP contribution in [-0.2, 0) is 6.54 Å². The first-order valence-corrected chi connectivity index (χ1v) is 4.47. The number of aromatic nitrogens is 2. The lowest BCUT2D eigenvalue weighted by molar-refractivity contribution is 0.318. The molecule has 0 aliphatic carbocycles. The van der Waals surface area contributed by atoms with Crippen LogP contribution < -0.4 is 5.73 Å². The monoisotopic (exact) mass is 184 g/mol. The fourth-order valence-electron chi connectivity index (χ4n) is 1.17. The fourth-order valence-corrected chi connectivity index (χ4v) is 2.10. The van der Waals surface area contributed by atoms with Crippen molar-refractivity contribution < 1.29 is 5.21 Å². The van der Waals surface area contributed by atoms with Gasteiger partial charge in [-0.2, -0.15) is 0 Å². The Morgan fingerprint density at radius 3 is 3.42 bits per heavy atom. The van der Waals surface area contributed by atoms with Crippen LogP contribution in [0.4, 0.5) is 0 Å². The van der Waals surface area contributed by atoms with E-state index in [1.807, 2.05) is 4.57 Å². The lowest BCUT2D eigenvalue weighted by Gasteiger charge is -2.00. The predicted molar refractivity (Wildman–Crippen MR) is 45.5 cm³/mol. The summed E-state index contributed by atoms with van der Waals surface area (Å²) in [5.74, 6) is 1.13. The summed E-state index contributed by atoms with van der Waals surface area (Å²) in [7, 11) is 0. The maximum absolute atomic E-state index is 8.45. The van der Waals surface area contributed by atoms with Crippen molar-refractivity contribution in [2.24, 2.45) is 10.9 Å². The van der Waals surface area contributed by atoms with Crippen molar-refractivity contribution in [2.75, 3.05) is 5.75 Å². The van der Waals surface area contributed by atoms with Crippen LogP contribution in [0.25, 0.3) is 0 Å². The van der Waals surface area contributed by atoms with Gasteiger partial charge in [-0.05, 0) is 0 Å². The van der Waals surface area contributed by atoms with Crippen LogP contribution in [0.15, 0.2) is 16.5 Å². The van der Waals surface area contributed by atoms with Gasteiger partial charge in [0.15, 0.2) is 11.0 Å². The second kappa shape index (κ2) is 2.71. The highest BCUT2D eigenvalue weighted by Crippen LogP contribution is 2.25. The molecule has 64 valence electrons. The number of thioether (sulfide) groups is 1. The Balaban J connectivity index is 2.46. The van der Waals surface area contributed by atoms with E-state index in [-0.39, 0.29) is 5.84 Å². The number of fused-ring (bicyclic) bond motifs is 1. The average molecular weight is 184 g/mol. The van der Waals surface area contributed by atoms with Crippen LogP contribution in [0.5, 0.6) is 0 Å². The molecule has 0 saturated carbocycles. The summed E-state index contributed by atoms with van der Waals surface area (Å²) in [5.41, 5.74) is 6.13. The van der Waals surface area contributed by atoms with Crippen molar-refractivity contribution in [1.29, 1.82) is 0 Å². The summed E-state index contributed by atoms with van der Waals surface area (Å²) < 4.78 is 1.94. The Hall–Kier alpha value is -1.17. The van der Waals surface area contributed by atoms with E-state index in [1.165, 1.54) is 0 Å². The minimum Gasteiger partial charge on any atom is -0.409 e. The number of nitrogens with two attached hydrogens (primary N) is 1. The molecule has 12 heavy (non-hydrogen) atoms. The smallest absolute Gasteiger partial charge is 0.188 e. The van der Waals surface area contributed by atoms with E-state index < -0.39 is 0 Å². The van der Waals surface area contributed by atoms with Gasteiger partial charge in [0, 0.05) is 12.3 Å². The predicted octanol–water partition coefficient (Wildman–Crippen LogP) is 0.0833. The molecule has 0 fully saturated rings. The maximum Gasteiger partial charge on any atom is 0.188 e. The molecule has 5 nitrogen and oxygen atoms in total. The van der Waals surface area contributed by atoms with Crippen LogP contribution in [-0.4, -0.2) is 26.3 Å². The van der Waals surface area contributed by atoms with Gasteiger partial charge in [-0.3, -0.25) is 0 Å². The molecule has 0 radical (unpaired) electrons. The molecule has 0 atom stereocenters. The van der Waals surface area contributed by atoms with Crippen LogP contribution in [0.3, 0.4) is 0 Å². The van der Waals surface area contributed by atoms with E-state index >= 15 is 0 Å². The number of amidine groups is 1. The zero-order valence-corrected chi connectivity index (χ0v) is 7.08. The molecule has 1 aliphatic heterocycles. The van der Waals surface area contributed by atoms with Crippen LogP contribution >= 0.6 is 11.8 Å². The number of nitrogens with zero attached hydrogens (tertiary/aromatic N) is 3. The lowest BCUT2D eigenvalue weighted by atomic mass is 10.4. The van der Waals surface area contributed by atoms with Gasteiger partial charge in [0.1, 0.15) is 5.69 Å². The van der Waals surface area contributed by atoms with Crippen LogP contribution in [0, 0.1) is 0 Å². The highest BCUT2D eigenvalue weighted by atomic mass is 32.2. The highest BCUT2D eigenvalue weighted by molar-refractivity contribution is 7.99. The molecule has 2 heterocycles. The normalized spacial score (nSPS) is 16.5. The molecule has 1 aromatic rings. The Morgan fingerprint density at radius 2 is 2.67 bits per heavy atom. The molecule has 3 N–H and O–H groups in total. The maximum atomic E-state index is 8.45. The van der Waals surface area contributed by atoms with Gasteiger partial charge in [-0.1, -0.05) is 16.9 Å². The molecule has 2 rings (SSSR count). The van der Waals surface area contributed by atoms with Crippen LogP contribution in [0.2, 0.25) is 0 Å². The SMILES string of the molecule is N/C(=N/O)c1cnc2n1CCS2. The first-order valence-electron chi connectivity index (χ1n) is 3.49. The molecule has 1 aromatic heterocycles. The zero-order chi connectivity index (χ0) is 8.55. The summed E-state index contributed by atoms with van der Waals surface area (Å²) >= 11 is 1.68. The molecule has 0 saturated heterocycles. The third kappa shape index (κ3) is 0.953. The van der Waals surface area contributed by atoms with Gasteiger partial charge in [0.25, 0.3) is 0 Å². The number of imidazole rings is 1. The standard InChI is InChI=1S/C6H8N4OS/c7-5(9-11)4-3-8-6-10(4)1-2-12-6/h3,11H,1-2H2,(H2,7,9). The lowest BCUT2D eigenvalue weighted by Crippen LogP contribution is -2.17. The fraction of sp³-hybridized carbons (Fsp3) is 0.333. The van der Waals surface area contributed by atoms with Crippen molar-refractivity contribution in [3.63, 3.8) is 0 Å². The highest BCUT2D eigenvalue weighted by Gasteiger charge is 2.17. The molecule has 0 unspecified atom stereocenters. The summed E-state index contributed by atoms with van der Waals surface area (Å²) in [4.78, 5) is 4.12. The first-order chi connectivity index (χ1) is 5.83. The largest absolute Gasteiger partial charge is 0.409 e. The summed E-state index contributed by atoms with van der Waals surface area (Å²) in [6.45, 7) is 0.881. The number of hydrogen-bond acceptors (Lipinski definition) is 4. The number of oxime groups is 1. The van der Waals surface area contributed by atoms with Gasteiger partial charge in [0.2, 0.25) is 0 Å². The molecule has 0 spiro atoms. The van der Waals surface area contributed by atoms with Crippen molar-refractivity contribution in [1.82, 2.24) is 9.55 Å². The number of rotatable bonds is 1. The minimum atomic E-state index is 0.122. The van der Waals surface area contributed by atoms with E-state index in [0.29, 0.717) is 5.69 Å². The second-order valence-electron chi connectivity index (χ2n) is 2.41. The number of hydrogen-bond donors (Lipinski definition) is 2. The van der Waals surface area contributed by atoms with Gasteiger partial charge in [-0.25, -0.2) is 4.98 Å². The van der Waals surface area contributed by atoms with Crippen molar-refractivity contribution in [3.8, 4) is 0 Å². The third-order valence-corrected chi connectivity index (χ3v) is 2.71. The molecule has 0 bridgehead atoms. The van der Waals surface area contributed by atoms with Crippen molar-refractivity contribution in [2.45, 2.75) is 11.7 Å². The van der Waals surface area contributed by atoms with Crippen molar-refractivity contribution in [3.05, 3.63) is 11.9 Å². The first kappa shape index (κ1) is 7.48. The van der Waals surface area contributed by atoms with Gasteiger partial charge < -0.3 is 15.5 Å². The molecule has 1 aliphatic rings. The second-order valence-corrected chi connectivity index (χ2v) is 3.47. The zero-order valence-electron chi connectivity index (χ0n) is 6.27. The van der Waals surface area contributed by atoms with E-state index in [4.69, 9.17) is 10.9 Å². The molecular formula is C6H8N4OS. The van der Waals surface area contributed by atoms with E-state index in [0.717, 1.165) is 17.5 Å². The van der Waals surface area contributed by atoms with Gasteiger partial charge in [0.05, 0.1) is 6.20 Å². The topological polar surface area (TPSA) is 76.4 Å². The van der Waals surface area contributed by atoms with E-state index in [9.17, 15) is 0 Å². The Bertz CT molecular complexity index is 332. The van der Waals surface area contributed by atoms with Gasteiger partial charge in [-0.15, -0.1) is 0 Å². The average Bonchev–Trinajstić information content (AvgIpc) is 2.62. The van der Waals surface area contributed by atoms with E-state index in [1.54, 1.807) is 18.0 Å². The van der Waals surface area contributed by atoms with E-state index in [2.05, 4.69) is 10.1 Å². The Labute approximate surface area is 73.3 Å². The molecule has 0 aromatic carbocycles. The summed E-state index contributed by atoms with van der Waals surface area (Å²) in [6.07, 6.45) is 1.62. The summed E-state index contributed by atoms with van der Waals surface area (Å²) in [5, 5.41) is 12.3. The molecule has 0 amide bonds. The van der Waals surface area contributed by atoms with Crippen LogP contribution in [0.1, 0.15) is 5.69 Å².